The van der Waals surface area contributed by atoms with Gasteiger partial charge in [0.25, 0.3) is 5.91 Å². The highest BCUT2D eigenvalue weighted by molar-refractivity contribution is 7.89. The van der Waals surface area contributed by atoms with Crippen molar-refractivity contribution in [3.8, 4) is 0 Å². The Kier molecular flexibility index (Phi) is 4.09. The predicted molar refractivity (Wildman–Crippen MR) is 76.9 cm³/mol. The van der Waals surface area contributed by atoms with Gasteiger partial charge >= 0.3 is 5.97 Å². The number of amides is 1. The van der Waals surface area contributed by atoms with Crippen LogP contribution in [0.3, 0.4) is 0 Å². The lowest BCUT2D eigenvalue weighted by Gasteiger charge is -2.30. The molecule has 21 heavy (non-hydrogen) atoms. The Morgan fingerprint density at radius 2 is 2.14 bits per heavy atom. The predicted octanol–water partition coefficient (Wildman–Crippen LogP) is 0.736. The molecule has 1 aliphatic heterocycles. The summed E-state index contributed by atoms with van der Waals surface area (Å²) in [5.41, 5.74) is -1.23. The van der Waals surface area contributed by atoms with Crippen LogP contribution in [0.2, 0.25) is 0 Å². The monoisotopic (exact) mass is 332 g/mol. The van der Waals surface area contributed by atoms with E-state index in [1.165, 1.54) is 30.3 Å². The maximum atomic E-state index is 12.5. The van der Waals surface area contributed by atoms with Crippen molar-refractivity contribution in [2.75, 3.05) is 13.6 Å². The minimum atomic E-state index is -3.61. The summed E-state index contributed by atoms with van der Waals surface area (Å²) in [6.45, 7) is 1.87. The largest absolute Gasteiger partial charge is 0.480 e. The van der Waals surface area contributed by atoms with E-state index in [4.69, 9.17) is 0 Å². The van der Waals surface area contributed by atoms with Gasteiger partial charge < -0.3 is 10.0 Å². The fourth-order valence-corrected chi connectivity index (χ4v) is 4.29. The van der Waals surface area contributed by atoms with Gasteiger partial charge in [-0.05, 0) is 32.9 Å². The fourth-order valence-electron chi connectivity index (χ4n) is 2.33. The molecule has 0 spiro atoms. The summed E-state index contributed by atoms with van der Waals surface area (Å²) < 4.78 is 25.5. The Balaban J connectivity index is 2.31. The van der Waals surface area contributed by atoms with Crippen molar-refractivity contribution in [2.45, 2.75) is 30.2 Å². The lowest BCUT2D eigenvalue weighted by Crippen LogP contribution is -2.50. The molecule has 0 aliphatic carbocycles. The minimum absolute atomic E-state index is 0.00887. The van der Waals surface area contributed by atoms with Crippen LogP contribution in [0.5, 0.6) is 0 Å². The third kappa shape index (κ3) is 2.68. The van der Waals surface area contributed by atoms with E-state index in [-0.39, 0.29) is 9.77 Å². The normalized spacial score (nSPS) is 22.5. The third-order valence-electron chi connectivity index (χ3n) is 3.71. The summed E-state index contributed by atoms with van der Waals surface area (Å²) in [4.78, 5) is 25.4. The maximum absolute atomic E-state index is 12.5. The van der Waals surface area contributed by atoms with Crippen LogP contribution >= 0.6 is 11.3 Å². The Bertz CT molecular complexity index is 682. The molecule has 0 bridgehead atoms. The molecule has 1 amide bonds. The first-order valence-corrected chi connectivity index (χ1v) is 8.66. The van der Waals surface area contributed by atoms with Gasteiger partial charge in [0.05, 0.1) is 9.77 Å². The summed E-state index contributed by atoms with van der Waals surface area (Å²) in [7, 11) is -2.32. The molecule has 2 N–H and O–H groups in total. The van der Waals surface area contributed by atoms with Crippen LogP contribution in [0.4, 0.5) is 0 Å². The van der Waals surface area contributed by atoms with Crippen LogP contribution in [-0.2, 0) is 14.8 Å². The van der Waals surface area contributed by atoms with E-state index in [2.05, 4.69) is 4.72 Å². The quantitative estimate of drug-likeness (QED) is 0.846. The molecule has 0 saturated carbocycles. The number of likely N-dealkylation sites (tertiary alicyclic amines) is 1. The molecule has 1 aliphatic rings. The molecular weight excluding hydrogens is 316 g/mol. The topological polar surface area (TPSA) is 104 Å². The molecule has 7 nitrogen and oxygen atoms in total. The molecule has 0 aromatic carbocycles. The molecular formula is C12H16N2O5S2. The third-order valence-corrected chi connectivity index (χ3v) is 6.17. The molecule has 2 rings (SSSR count). The second-order valence-electron chi connectivity index (χ2n) is 4.99. The molecule has 0 radical (unpaired) electrons. The van der Waals surface area contributed by atoms with E-state index in [9.17, 15) is 23.1 Å². The summed E-state index contributed by atoms with van der Waals surface area (Å²) >= 11 is 0.996. The van der Waals surface area contributed by atoms with Crippen LogP contribution < -0.4 is 4.72 Å². The Morgan fingerprint density at radius 3 is 2.71 bits per heavy atom. The summed E-state index contributed by atoms with van der Waals surface area (Å²) in [6.07, 6.45) is 1.00. The molecule has 1 aromatic rings. The minimum Gasteiger partial charge on any atom is -0.480 e. The first kappa shape index (κ1) is 15.9. The van der Waals surface area contributed by atoms with Gasteiger partial charge in [0.15, 0.2) is 0 Å². The molecule has 1 atom stereocenters. The lowest BCUT2D eigenvalue weighted by molar-refractivity contribution is -0.147. The highest BCUT2D eigenvalue weighted by Gasteiger charge is 2.46. The average molecular weight is 332 g/mol. The van der Waals surface area contributed by atoms with Gasteiger partial charge in [-0.2, -0.15) is 0 Å². The number of carbonyl (C=O) groups is 2. The van der Waals surface area contributed by atoms with Crippen molar-refractivity contribution >= 4 is 33.2 Å². The zero-order valence-electron chi connectivity index (χ0n) is 11.6. The smallest absolute Gasteiger partial charge is 0.329 e. The van der Waals surface area contributed by atoms with Gasteiger partial charge in [0.1, 0.15) is 5.54 Å². The fraction of sp³-hybridized carbons (Fsp3) is 0.500. The highest BCUT2D eigenvalue weighted by atomic mass is 32.2. The molecule has 116 valence electrons. The number of carboxylic acid groups (broad SMARTS) is 1. The van der Waals surface area contributed by atoms with Crippen LogP contribution in [0.15, 0.2) is 16.3 Å². The standard InChI is InChI=1S/C12H16N2O5S2/c1-12(11(16)17)4-3-5-14(12)10(15)9-6-8(7-20-9)21(18,19)13-2/h6-7,13H,3-5H2,1-2H3,(H,16,17). The van der Waals surface area contributed by atoms with E-state index in [1.807, 2.05) is 0 Å². The maximum Gasteiger partial charge on any atom is 0.329 e. The van der Waals surface area contributed by atoms with E-state index < -0.39 is 27.4 Å². The summed E-state index contributed by atoms with van der Waals surface area (Å²) in [6, 6.07) is 1.28. The van der Waals surface area contributed by atoms with E-state index >= 15 is 0 Å². The van der Waals surface area contributed by atoms with E-state index in [0.29, 0.717) is 19.4 Å². The van der Waals surface area contributed by atoms with E-state index in [0.717, 1.165) is 11.3 Å². The van der Waals surface area contributed by atoms with Gasteiger partial charge in [-0.25, -0.2) is 17.9 Å². The molecule has 1 fully saturated rings. The van der Waals surface area contributed by atoms with Gasteiger partial charge in [-0.1, -0.05) is 0 Å². The Hall–Kier alpha value is -1.45. The molecule has 1 saturated heterocycles. The number of nitrogens with zero attached hydrogens (tertiary/aromatic N) is 1. The molecule has 1 unspecified atom stereocenters. The van der Waals surface area contributed by atoms with Crippen LogP contribution in [-0.4, -0.2) is 49.4 Å². The van der Waals surface area contributed by atoms with Crippen LogP contribution in [0.25, 0.3) is 0 Å². The van der Waals surface area contributed by atoms with Gasteiger partial charge in [0, 0.05) is 11.9 Å². The van der Waals surface area contributed by atoms with E-state index in [1.54, 1.807) is 0 Å². The van der Waals surface area contributed by atoms with Crippen molar-refractivity contribution in [1.82, 2.24) is 9.62 Å². The SMILES string of the molecule is CNS(=O)(=O)c1csc(C(=O)N2CCCC2(C)C(=O)O)c1. The first-order valence-electron chi connectivity index (χ1n) is 6.30. The number of hydrogen-bond donors (Lipinski definition) is 2. The van der Waals surface area contributed by atoms with Crippen LogP contribution in [0, 0.1) is 0 Å². The number of carbonyl (C=O) groups excluding carboxylic acids is 1. The van der Waals surface area contributed by atoms with Gasteiger partial charge in [-0.3, -0.25) is 4.79 Å². The number of carboxylic acids is 1. The molecule has 2 heterocycles. The van der Waals surface area contributed by atoms with Crippen molar-refractivity contribution in [3.63, 3.8) is 0 Å². The number of sulfonamides is 1. The zero-order valence-corrected chi connectivity index (χ0v) is 13.3. The van der Waals surface area contributed by atoms with Crippen LogP contribution in [0.1, 0.15) is 29.4 Å². The first-order chi connectivity index (χ1) is 9.72. The lowest BCUT2D eigenvalue weighted by atomic mass is 9.99. The van der Waals surface area contributed by atoms with Crippen molar-refractivity contribution in [2.24, 2.45) is 0 Å². The second kappa shape index (κ2) is 5.39. The van der Waals surface area contributed by atoms with Crippen molar-refractivity contribution in [3.05, 3.63) is 16.3 Å². The van der Waals surface area contributed by atoms with Gasteiger partial charge in [-0.15, -0.1) is 11.3 Å². The van der Waals surface area contributed by atoms with Gasteiger partial charge in [0.2, 0.25) is 10.0 Å². The zero-order chi connectivity index (χ0) is 15.8. The second-order valence-corrected chi connectivity index (χ2v) is 7.79. The Labute approximate surface area is 126 Å². The number of aliphatic carboxylic acids is 1. The number of hydrogen-bond acceptors (Lipinski definition) is 5. The van der Waals surface area contributed by atoms with Crippen molar-refractivity contribution in [1.29, 1.82) is 0 Å². The number of rotatable bonds is 4. The molecule has 1 aromatic heterocycles. The number of thiophene rings is 1. The Morgan fingerprint density at radius 1 is 1.48 bits per heavy atom. The summed E-state index contributed by atoms with van der Waals surface area (Å²) in [5, 5.41) is 10.7. The highest BCUT2D eigenvalue weighted by Crippen LogP contribution is 2.32. The summed E-state index contributed by atoms with van der Waals surface area (Å²) in [5.74, 6) is -1.49. The van der Waals surface area contributed by atoms with Crippen molar-refractivity contribution < 1.29 is 23.1 Å². The average Bonchev–Trinajstić information content (AvgIpc) is 3.05. The number of nitrogens with one attached hydrogen (secondary N) is 1. The molecule has 9 heteroatoms.